The van der Waals surface area contributed by atoms with Gasteiger partial charge in [0.05, 0.1) is 16.5 Å². The fourth-order valence-corrected chi connectivity index (χ4v) is 3.18. The standard InChI is InChI=1S/C23H14ClFO4/c1-13-21(14-2-6-16(24)7-3-14)22(26)19-11-10-18(12-20(19)28-13)29-23(27)15-4-8-17(25)9-5-15/h2-12H,1H3. The molecule has 0 fully saturated rings. The van der Waals surface area contributed by atoms with E-state index in [2.05, 4.69) is 0 Å². The van der Waals surface area contributed by atoms with E-state index in [0.717, 1.165) is 0 Å². The van der Waals surface area contributed by atoms with Crippen molar-refractivity contribution < 1.29 is 18.3 Å². The smallest absolute Gasteiger partial charge is 0.343 e. The summed E-state index contributed by atoms with van der Waals surface area (Å²) >= 11 is 5.92. The maximum absolute atomic E-state index is 13.0. The SMILES string of the molecule is Cc1oc2cc(OC(=O)c3ccc(F)cc3)ccc2c(=O)c1-c1ccc(Cl)cc1. The molecule has 0 unspecified atom stereocenters. The number of rotatable bonds is 3. The maximum atomic E-state index is 13.0. The second kappa shape index (κ2) is 7.53. The summed E-state index contributed by atoms with van der Waals surface area (Å²) in [6.45, 7) is 1.70. The van der Waals surface area contributed by atoms with Gasteiger partial charge in [0.1, 0.15) is 22.9 Å². The van der Waals surface area contributed by atoms with Crippen molar-refractivity contribution in [2.75, 3.05) is 0 Å². The largest absolute Gasteiger partial charge is 0.460 e. The molecule has 0 atom stereocenters. The Morgan fingerprint density at radius 1 is 1.00 bits per heavy atom. The molecule has 0 N–H and O–H groups in total. The topological polar surface area (TPSA) is 56.5 Å². The van der Waals surface area contributed by atoms with Crippen LogP contribution < -0.4 is 10.2 Å². The van der Waals surface area contributed by atoms with Gasteiger partial charge in [-0.15, -0.1) is 0 Å². The summed E-state index contributed by atoms with van der Waals surface area (Å²) in [5, 5.41) is 0.936. The molecule has 1 heterocycles. The summed E-state index contributed by atoms with van der Waals surface area (Å²) in [6, 6.07) is 16.5. The lowest BCUT2D eigenvalue weighted by atomic mass is 10.0. The third-order valence-electron chi connectivity index (χ3n) is 4.46. The second-order valence-corrected chi connectivity index (χ2v) is 6.86. The molecule has 0 aliphatic heterocycles. The van der Waals surface area contributed by atoms with Gasteiger partial charge >= 0.3 is 5.97 Å². The van der Waals surface area contributed by atoms with Gasteiger partial charge in [-0.25, -0.2) is 9.18 Å². The molecule has 0 saturated carbocycles. The minimum Gasteiger partial charge on any atom is -0.460 e. The molecule has 0 amide bonds. The van der Waals surface area contributed by atoms with Gasteiger partial charge < -0.3 is 9.15 Å². The molecule has 0 spiro atoms. The molecule has 4 nitrogen and oxygen atoms in total. The van der Waals surface area contributed by atoms with E-state index in [4.69, 9.17) is 20.8 Å². The Morgan fingerprint density at radius 3 is 2.38 bits per heavy atom. The van der Waals surface area contributed by atoms with Gasteiger partial charge in [0.15, 0.2) is 0 Å². The summed E-state index contributed by atoms with van der Waals surface area (Å²) < 4.78 is 24.1. The third-order valence-corrected chi connectivity index (χ3v) is 4.72. The minimum absolute atomic E-state index is 0.192. The first-order valence-corrected chi connectivity index (χ1v) is 9.11. The highest BCUT2D eigenvalue weighted by molar-refractivity contribution is 6.30. The Labute approximate surface area is 170 Å². The number of halogens is 2. The van der Waals surface area contributed by atoms with Crippen molar-refractivity contribution >= 4 is 28.5 Å². The van der Waals surface area contributed by atoms with Gasteiger partial charge in [-0.2, -0.15) is 0 Å². The third kappa shape index (κ3) is 3.77. The number of carbonyl (C=O) groups is 1. The fourth-order valence-electron chi connectivity index (χ4n) is 3.05. The molecule has 0 aliphatic rings. The van der Waals surface area contributed by atoms with Gasteiger partial charge in [-0.3, -0.25) is 4.79 Å². The van der Waals surface area contributed by atoms with E-state index in [-0.39, 0.29) is 16.7 Å². The van der Waals surface area contributed by atoms with E-state index in [1.54, 1.807) is 37.3 Å². The number of esters is 1. The predicted molar refractivity (Wildman–Crippen MR) is 109 cm³/mol. The van der Waals surface area contributed by atoms with E-state index in [1.165, 1.54) is 36.4 Å². The Kier molecular flexibility index (Phi) is 4.91. The number of benzene rings is 3. The zero-order valence-electron chi connectivity index (χ0n) is 15.2. The van der Waals surface area contributed by atoms with Gasteiger partial charge in [-0.1, -0.05) is 23.7 Å². The maximum Gasteiger partial charge on any atom is 0.343 e. The van der Waals surface area contributed by atoms with E-state index in [1.807, 2.05) is 0 Å². The summed E-state index contributed by atoms with van der Waals surface area (Å²) in [5.74, 6) is -0.428. The van der Waals surface area contributed by atoms with Crippen LogP contribution >= 0.6 is 11.6 Å². The van der Waals surface area contributed by atoms with Crippen molar-refractivity contribution in [3.05, 3.63) is 99.1 Å². The van der Waals surface area contributed by atoms with E-state index >= 15 is 0 Å². The highest BCUT2D eigenvalue weighted by atomic mass is 35.5. The Hall–Kier alpha value is -3.44. The molecular formula is C23H14ClFO4. The molecule has 0 radical (unpaired) electrons. The molecule has 0 aliphatic carbocycles. The van der Waals surface area contributed by atoms with Crippen LogP contribution in [0.1, 0.15) is 16.1 Å². The van der Waals surface area contributed by atoms with Gasteiger partial charge in [0, 0.05) is 11.1 Å². The first-order chi connectivity index (χ1) is 13.9. The summed E-state index contributed by atoms with van der Waals surface area (Å²) in [5.41, 5.74) is 1.47. The van der Waals surface area contributed by atoms with Crippen molar-refractivity contribution in [2.24, 2.45) is 0 Å². The molecule has 3 aromatic carbocycles. The number of hydrogen-bond acceptors (Lipinski definition) is 4. The van der Waals surface area contributed by atoms with E-state index in [9.17, 15) is 14.0 Å². The normalized spacial score (nSPS) is 10.9. The summed E-state index contributed by atoms with van der Waals surface area (Å²) in [4.78, 5) is 25.2. The first kappa shape index (κ1) is 18.9. The van der Waals surface area contributed by atoms with Gasteiger partial charge in [0.2, 0.25) is 5.43 Å². The van der Waals surface area contributed by atoms with E-state index in [0.29, 0.717) is 32.9 Å². The van der Waals surface area contributed by atoms with Crippen LogP contribution in [-0.4, -0.2) is 5.97 Å². The lowest BCUT2D eigenvalue weighted by Crippen LogP contribution is -2.10. The van der Waals surface area contributed by atoms with Crippen molar-refractivity contribution in [3.8, 4) is 16.9 Å². The Balaban J connectivity index is 1.71. The van der Waals surface area contributed by atoms with Crippen LogP contribution in [0.3, 0.4) is 0 Å². The van der Waals surface area contributed by atoms with Crippen molar-refractivity contribution in [2.45, 2.75) is 6.92 Å². The predicted octanol–water partition coefficient (Wildman–Crippen LogP) is 5.78. The van der Waals surface area contributed by atoms with Crippen LogP contribution in [0.25, 0.3) is 22.1 Å². The van der Waals surface area contributed by atoms with Crippen LogP contribution in [0.4, 0.5) is 4.39 Å². The molecule has 4 rings (SSSR count). The molecule has 4 aromatic rings. The zero-order valence-corrected chi connectivity index (χ0v) is 16.0. The Morgan fingerprint density at radius 2 is 1.69 bits per heavy atom. The fraction of sp³-hybridized carbons (Fsp3) is 0.0435. The summed E-state index contributed by atoms with van der Waals surface area (Å²) in [7, 11) is 0. The van der Waals surface area contributed by atoms with E-state index < -0.39 is 11.8 Å². The Bertz CT molecular complexity index is 1280. The minimum atomic E-state index is -0.638. The average Bonchev–Trinajstić information content (AvgIpc) is 2.69. The van der Waals surface area contributed by atoms with Crippen LogP contribution in [0, 0.1) is 12.7 Å². The molecule has 144 valence electrons. The second-order valence-electron chi connectivity index (χ2n) is 6.42. The van der Waals surface area contributed by atoms with Gasteiger partial charge in [0.25, 0.3) is 0 Å². The highest BCUT2D eigenvalue weighted by Gasteiger charge is 2.15. The van der Waals surface area contributed by atoms with Crippen LogP contribution in [-0.2, 0) is 0 Å². The lowest BCUT2D eigenvalue weighted by molar-refractivity contribution is 0.0735. The number of hydrogen-bond donors (Lipinski definition) is 0. The number of aryl methyl sites for hydroxylation is 1. The molecular weight excluding hydrogens is 395 g/mol. The average molecular weight is 409 g/mol. The molecule has 0 bridgehead atoms. The van der Waals surface area contributed by atoms with Crippen LogP contribution in [0.15, 0.2) is 75.9 Å². The van der Waals surface area contributed by atoms with Gasteiger partial charge in [-0.05, 0) is 61.0 Å². The molecule has 0 saturated heterocycles. The molecule has 6 heteroatoms. The quantitative estimate of drug-likeness (QED) is 0.318. The van der Waals surface area contributed by atoms with Crippen molar-refractivity contribution in [1.29, 1.82) is 0 Å². The lowest BCUT2D eigenvalue weighted by Gasteiger charge is -2.09. The number of ether oxygens (including phenoxy) is 1. The van der Waals surface area contributed by atoms with Crippen molar-refractivity contribution in [1.82, 2.24) is 0 Å². The summed E-state index contributed by atoms with van der Waals surface area (Å²) in [6.07, 6.45) is 0. The van der Waals surface area contributed by atoms with Crippen molar-refractivity contribution in [3.63, 3.8) is 0 Å². The van der Waals surface area contributed by atoms with Crippen LogP contribution in [0.5, 0.6) is 5.75 Å². The zero-order chi connectivity index (χ0) is 20.5. The molecule has 1 aromatic heterocycles. The number of carbonyl (C=O) groups excluding carboxylic acids is 1. The molecule has 29 heavy (non-hydrogen) atoms. The number of fused-ring (bicyclic) bond motifs is 1. The monoisotopic (exact) mass is 408 g/mol. The first-order valence-electron chi connectivity index (χ1n) is 8.73. The van der Waals surface area contributed by atoms with Crippen LogP contribution in [0.2, 0.25) is 5.02 Å². The highest BCUT2D eigenvalue weighted by Crippen LogP contribution is 2.27.